The highest BCUT2D eigenvalue weighted by atomic mass is 35.5. The first-order valence-electron chi connectivity index (χ1n) is 10.8. The zero-order valence-corrected chi connectivity index (χ0v) is 19.8. The van der Waals surface area contributed by atoms with Crippen molar-refractivity contribution in [2.24, 2.45) is 0 Å². The number of benzene rings is 3. The smallest absolute Gasteiger partial charge is 0.300 e. The quantitative estimate of drug-likeness (QED) is 0.280. The van der Waals surface area contributed by atoms with Gasteiger partial charge in [0, 0.05) is 11.3 Å². The van der Waals surface area contributed by atoms with Crippen molar-refractivity contribution in [3.05, 3.63) is 93.5 Å². The standard InChI is InChI=1S/C27H24ClNO5/c1-4-34-20-10-11-22(28)21(14-20)25(31)23-24(17-6-5-7-19(30)13-17)29(27(33)26(23)32)18-9-8-15(2)16(3)12-18/h5-14,24,30-31H,4H2,1-3H3/b25-23+. The maximum Gasteiger partial charge on any atom is 0.300 e. The number of aliphatic hydroxyl groups excluding tert-OH is 1. The van der Waals surface area contributed by atoms with Crippen LogP contribution in [0.5, 0.6) is 11.5 Å². The number of phenols is 1. The Morgan fingerprint density at radius 2 is 1.79 bits per heavy atom. The molecule has 1 aliphatic heterocycles. The molecule has 3 aromatic carbocycles. The van der Waals surface area contributed by atoms with Crippen LogP contribution in [0, 0.1) is 13.8 Å². The number of carbonyl (C=O) groups is 2. The van der Waals surface area contributed by atoms with Crippen LogP contribution in [0.4, 0.5) is 5.69 Å². The fourth-order valence-corrected chi connectivity index (χ4v) is 4.28. The second-order valence-electron chi connectivity index (χ2n) is 8.11. The van der Waals surface area contributed by atoms with Crippen LogP contribution in [-0.2, 0) is 9.59 Å². The van der Waals surface area contributed by atoms with Crippen molar-refractivity contribution in [1.82, 2.24) is 0 Å². The third-order valence-electron chi connectivity index (χ3n) is 5.90. The summed E-state index contributed by atoms with van der Waals surface area (Å²) >= 11 is 6.36. The van der Waals surface area contributed by atoms with E-state index in [-0.39, 0.29) is 21.9 Å². The molecule has 1 fully saturated rings. The largest absolute Gasteiger partial charge is 0.508 e. The van der Waals surface area contributed by atoms with Gasteiger partial charge in [-0.1, -0.05) is 29.8 Å². The summed E-state index contributed by atoms with van der Waals surface area (Å²) in [6.45, 7) is 6.10. The van der Waals surface area contributed by atoms with Crippen molar-refractivity contribution in [2.75, 3.05) is 11.5 Å². The van der Waals surface area contributed by atoms with E-state index in [0.717, 1.165) is 11.1 Å². The molecule has 4 rings (SSSR count). The number of ether oxygens (including phenoxy) is 1. The first-order valence-corrected chi connectivity index (χ1v) is 11.2. The lowest BCUT2D eigenvalue weighted by Gasteiger charge is -2.26. The minimum absolute atomic E-state index is 0.0282. The lowest BCUT2D eigenvalue weighted by molar-refractivity contribution is -0.132. The third kappa shape index (κ3) is 4.13. The molecule has 1 unspecified atom stereocenters. The number of anilines is 1. The topological polar surface area (TPSA) is 87.1 Å². The monoisotopic (exact) mass is 477 g/mol. The summed E-state index contributed by atoms with van der Waals surface area (Å²) in [6, 6.07) is 15.5. The van der Waals surface area contributed by atoms with Gasteiger partial charge in [0.05, 0.1) is 23.2 Å². The van der Waals surface area contributed by atoms with Gasteiger partial charge < -0.3 is 14.9 Å². The summed E-state index contributed by atoms with van der Waals surface area (Å²) in [4.78, 5) is 27.9. The number of amides is 1. The molecule has 7 heteroatoms. The number of aromatic hydroxyl groups is 1. The second kappa shape index (κ2) is 9.23. The van der Waals surface area contributed by atoms with Crippen LogP contribution < -0.4 is 9.64 Å². The van der Waals surface area contributed by atoms with E-state index in [2.05, 4.69) is 0 Å². The molecular formula is C27H24ClNO5. The molecule has 0 bridgehead atoms. The zero-order valence-electron chi connectivity index (χ0n) is 19.0. The molecule has 3 aromatic rings. The van der Waals surface area contributed by atoms with Gasteiger partial charge in [-0.2, -0.15) is 0 Å². The molecule has 0 aliphatic carbocycles. The van der Waals surface area contributed by atoms with Crippen molar-refractivity contribution >= 4 is 34.7 Å². The first-order chi connectivity index (χ1) is 16.2. The van der Waals surface area contributed by atoms with E-state index in [1.165, 1.54) is 23.1 Å². The van der Waals surface area contributed by atoms with Gasteiger partial charge in [-0.3, -0.25) is 14.5 Å². The molecule has 174 valence electrons. The molecule has 1 aliphatic rings. The van der Waals surface area contributed by atoms with Crippen molar-refractivity contribution in [2.45, 2.75) is 26.8 Å². The Bertz CT molecular complexity index is 1330. The van der Waals surface area contributed by atoms with Crippen molar-refractivity contribution in [3.8, 4) is 11.5 Å². The number of phenolic OH excluding ortho intramolecular Hbond substituents is 1. The Labute approximate surface area is 202 Å². The van der Waals surface area contributed by atoms with Gasteiger partial charge in [0.1, 0.15) is 17.3 Å². The summed E-state index contributed by atoms with van der Waals surface area (Å²) in [5.74, 6) is -1.60. The molecule has 34 heavy (non-hydrogen) atoms. The van der Waals surface area contributed by atoms with E-state index in [4.69, 9.17) is 16.3 Å². The maximum absolute atomic E-state index is 13.3. The van der Waals surface area contributed by atoms with E-state index in [9.17, 15) is 19.8 Å². The number of rotatable bonds is 5. The lowest BCUT2D eigenvalue weighted by Crippen LogP contribution is -2.29. The number of hydrogen-bond donors (Lipinski definition) is 2. The Kier molecular flexibility index (Phi) is 6.35. The van der Waals surface area contributed by atoms with Gasteiger partial charge in [0.25, 0.3) is 11.7 Å². The number of Topliss-reactive ketones (excluding diaryl/α,β-unsaturated/α-hetero) is 1. The molecule has 0 aromatic heterocycles. The number of nitrogens with zero attached hydrogens (tertiary/aromatic N) is 1. The number of halogens is 1. The third-order valence-corrected chi connectivity index (χ3v) is 6.23. The molecule has 1 amide bonds. The molecule has 0 saturated carbocycles. The van der Waals surface area contributed by atoms with Crippen LogP contribution in [0.15, 0.2) is 66.2 Å². The second-order valence-corrected chi connectivity index (χ2v) is 8.51. The fourth-order valence-electron chi connectivity index (χ4n) is 4.07. The summed E-state index contributed by atoms with van der Waals surface area (Å²) in [5.41, 5.74) is 3.01. The van der Waals surface area contributed by atoms with Gasteiger partial charge in [0.15, 0.2) is 0 Å². The summed E-state index contributed by atoms with van der Waals surface area (Å²) in [5, 5.41) is 21.6. The molecular weight excluding hydrogens is 454 g/mol. The van der Waals surface area contributed by atoms with Crippen LogP contribution in [0.3, 0.4) is 0 Å². The van der Waals surface area contributed by atoms with E-state index in [0.29, 0.717) is 23.6 Å². The Morgan fingerprint density at radius 1 is 1.03 bits per heavy atom. The van der Waals surface area contributed by atoms with Crippen LogP contribution in [0.1, 0.15) is 35.2 Å². The van der Waals surface area contributed by atoms with Gasteiger partial charge in [0.2, 0.25) is 0 Å². The Balaban J connectivity index is 1.97. The normalized spacial score (nSPS) is 17.3. The van der Waals surface area contributed by atoms with Crippen molar-refractivity contribution in [1.29, 1.82) is 0 Å². The van der Waals surface area contributed by atoms with Crippen LogP contribution in [0.2, 0.25) is 5.02 Å². The molecule has 0 spiro atoms. The highest BCUT2D eigenvalue weighted by Gasteiger charge is 2.47. The number of aliphatic hydroxyl groups is 1. The van der Waals surface area contributed by atoms with Crippen LogP contribution >= 0.6 is 11.6 Å². The maximum atomic E-state index is 13.3. The van der Waals surface area contributed by atoms with E-state index >= 15 is 0 Å². The number of ketones is 1. The van der Waals surface area contributed by atoms with Crippen LogP contribution in [-0.4, -0.2) is 28.5 Å². The molecule has 1 saturated heterocycles. The van der Waals surface area contributed by atoms with Gasteiger partial charge in [-0.25, -0.2) is 0 Å². The Morgan fingerprint density at radius 3 is 2.47 bits per heavy atom. The number of hydrogen-bond acceptors (Lipinski definition) is 5. The minimum Gasteiger partial charge on any atom is -0.508 e. The highest BCUT2D eigenvalue weighted by molar-refractivity contribution is 6.52. The first kappa shape index (κ1) is 23.4. The average molecular weight is 478 g/mol. The van der Waals surface area contributed by atoms with Gasteiger partial charge in [-0.05, 0) is 79.9 Å². The molecule has 1 heterocycles. The Hall–Kier alpha value is -3.77. The SMILES string of the molecule is CCOc1ccc(Cl)c(/C(O)=C2\C(=O)C(=O)N(c3ccc(C)c(C)c3)C2c2cccc(O)c2)c1. The minimum atomic E-state index is -0.971. The van der Waals surface area contributed by atoms with Crippen molar-refractivity contribution < 1.29 is 24.5 Å². The predicted molar refractivity (Wildman–Crippen MR) is 131 cm³/mol. The van der Waals surface area contributed by atoms with E-state index in [1.807, 2.05) is 32.9 Å². The molecule has 6 nitrogen and oxygen atoms in total. The highest BCUT2D eigenvalue weighted by Crippen LogP contribution is 2.44. The number of aryl methyl sites for hydroxylation is 2. The summed E-state index contributed by atoms with van der Waals surface area (Å²) < 4.78 is 5.52. The summed E-state index contributed by atoms with van der Waals surface area (Å²) in [6.07, 6.45) is 0. The molecule has 1 atom stereocenters. The van der Waals surface area contributed by atoms with E-state index in [1.54, 1.807) is 30.3 Å². The van der Waals surface area contributed by atoms with Gasteiger partial charge >= 0.3 is 0 Å². The fraction of sp³-hybridized carbons (Fsp3) is 0.185. The lowest BCUT2D eigenvalue weighted by atomic mass is 9.94. The molecule has 0 radical (unpaired) electrons. The zero-order chi connectivity index (χ0) is 24.6. The average Bonchev–Trinajstić information content (AvgIpc) is 3.07. The summed E-state index contributed by atoms with van der Waals surface area (Å²) in [7, 11) is 0. The van der Waals surface area contributed by atoms with E-state index < -0.39 is 23.5 Å². The number of carbonyl (C=O) groups excluding carboxylic acids is 2. The van der Waals surface area contributed by atoms with Crippen LogP contribution in [0.25, 0.3) is 5.76 Å². The predicted octanol–water partition coefficient (Wildman–Crippen LogP) is 5.69. The molecule has 2 N–H and O–H groups in total. The van der Waals surface area contributed by atoms with Crippen molar-refractivity contribution in [3.63, 3.8) is 0 Å². The van der Waals surface area contributed by atoms with Gasteiger partial charge in [-0.15, -0.1) is 0 Å².